The van der Waals surface area contributed by atoms with Gasteiger partial charge in [0.25, 0.3) is 0 Å². The number of methoxy groups -OCH3 is 1. The van der Waals surface area contributed by atoms with E-state index >= 15 is 0 Å². The van der Waals surface area contributed by atoms with Crippen LogP contribution in [-0.4, -0.2) is 40.7 Å². The first-order valence-electron chi connectivity index (χ1n) is 12.2. The van der Waals surface area contributed by atoms with Gasteiger partial charge in [-0.1, -0.05) is 43.3 Å². The summed E-state index contributed by atoms with van der Waals surface area (Å²) >= 11 is 0. The molecule has 0 radical (unpaired) electrons. The Kier molecular flexibility index (Phi) is 6.66. The van der Waals surface area contributed by atoms with Crippen LogP contribution in [-0.2, 0) is 17.8 Å². The normalized spacial score (nSPS) is 15.8. The number of piperidine rings is 1. The molecule has 2 aromatic carbocycles. The van der Waals surface area contributed by atoms with Crippen LogP contribution < -0.4 is 15.0 Å². The minimum atomic E-state index is -0.0681. The Hall–Kier alpha value is -3.87. The summed E-state index contributed by atoms with van der Waals surface area (Å²) in [5.41, 5.74) is 5.21. The Bertz CT molecular complexity index is 1310. The summed E-state index contributed by atoms with van der Waals surface area (Å²) in [5.74, 6) is 1.69. The van der Waals surface area contributed by atoms with Gasteiger partial charge in [0.1, 0.15) is 11.3 Å². The Balaban J connectivity index is 1.31. The highest BCUT2D eigenvalue weighted by Crippen LogP contribution is 2.29. The van der Waals surface area contributed by atoms with Gasteiger partial charge in [0, 0.05) is 37.6 Å². The lowest BCUT2D eigenvalue weighted by Gasteiger charge is -2.33. The molecule has 2 aromatic heterocycles. The number of nitrogens with one attached hydrogen (secondary N) is 1. The molecule has 0 bridgehead atoms. The Morgan fingerprint density at radius 3 is 2.77 bits per heavy atom. The number of aryl methyl sites for hydroxylation is 1. The van der Waals surface area contributed by atoms with E-state index in [1.165, 1.54) is 5.56 Å². The van der Waals surface area contributed by atoms with Crippen LogP contribution >= 0.6 is 0 Å². The third-order valence-corrected chi connectivity index (χ3v) is 6.72. The quantitative estimate of drug-likeness (QED) is 0.432. The maximum absolute atomic E-state index is 13.0. The third kappa shape index (κ3) is 4.99. The van der Waals surface area contributed by atoms with Crippen LogP contribution in [0.4, 0.5) is 5.82 Å². The van der Waals surface area contributed by atoms with E-state index in [0.717, 1.165) is 59.7 Å². The van der Waals surface area contributed by atoms with Crippen LogP contribution in [0.3, 0.4) is 0 Å². The van der Waals surface area contributed by atoms with E-state index in [-0.39, 0.29) is 11.8 Å². The zero-order valence-corrected chi connectivity index (χ0v) is 20.3. The van der Waals surface area contributed by atoms with Gasteiger partial charge >= 0.3 is 0 Å². The van der Waals surface area contributed by atoms with E-state index in [2.05, 4.69) is 52.5 Å². The summed E-state index contributed by atoms with van der Waals surface area (Å²) in [7, 11) is 1.66. The Labute approximate surface area is 205 Å². The third-order valence-electron chi connectivity index (χ3n) is 6.72. The maximum Gasteiger partial charge on any atom is 0.225 e. The van der Waals surface area contributed by atoms with Gasteiger partial charge in [0.2, 0.25) is 5.91 Å². The highest BCUT2D eigenvalue weighted by molar-refractivity contribution is 5.81. The van der Waals surface area contributed by atoms with Crippen molar-refractivity contribution >= 4 is 17.2 Å². The number of hydrogen-bond donors (Lipinski definition) is 1. The molecular formula is C28H31N5O2. The van der Waals surface area contributed by atoms with Crippen LogP contribution in [0, 0.1) is 5.92 Å². The van der Waals surface area contributed by atoms with Crippen molar-refractivity contribution in [3.05, 3.63) is 78.1 Å². The smallest absolute Gasteiger partial charge is 0.225 e. The van der Waals surface area contributed by atoms with Gasteiger partial charge in [-0.2, -0.15) is 5.10 Å². The number of amides is 1. The molecule has 5 rings (SSSR count). The van der Waals surface area contributed by atoms with Gasteiger partial charge < -0.3 is 15.0 Å². The van der Waals surface area contributed by atoms with Crippen LogP contribution in [0.25, 0.3) is 16.8 Å². The highest BCUT2D eigenvalue weighted by atomic mass is 16.5. The molecule has 1 amide bonds. The summed E-state index contributed by atoms with van der Waals surface area (Å²) in [5, 5.41) is 7.89. The highest BCUT2D eigenvalue weighted by Gasteiger charge is 2.27. The first kappa shape index (κ1) is 22.9. The molecule has 0 unspecified atom stereocenters. The molecule has 7 heteroatoms. The first-order valence-corrected chi connectivity index (χ1v) is 12.2. The number of anilines is 1. The molecule has 0 spiro atoms. The predicted octanol–water partition coefficient (Wildman–Crippen LogP) is 4.50. The second-order valence-electron chi connectivity index (χ2n) is 9.02. The minimum absolute atomic E-state index is 0.0681. The van der Waals surface area contributed by atoms with Gasteiger partial charge in [-0.05, 0) is 48.6 Å². The lowest BCUT2D eigenvalue weighted by Crippen LogP contribution is -2.43. The number of carbonyl (C=O) groups excluding carboxylic acids is 1. The van der Waals surface area contributed by atoms with E-state index in [1.54, 1.807) is 13.3 Å². The summed E-state index contributed by atoms with van der Waals surface area (Å²) in [6, 6.07) is 18.4. The number of ether oxygens (including phenoxy) is 1. The van der Waals surface area contributed by atoms with Crippen molar-refractivity contribution in [1.82, 2.24) is 19.9 Å². The molecule has 1 N–H and O–H groups in total. The predicted molar refractivity (Wildman–Crippen MR) is 138 cm³/mol. The summed E-state index contributed by atoms with van der Waals surface area (Å²) in [6.07, 6.45) is 6.48. The van der Waals surface area contributed by atoms with E-state index in [1.807, 2.05) is 35.0 Å². The number of carbonyl (C=O) groups is 1. The number of fused-ring (bicyclic) bond motifs is 1. The van der Waals surface area contributed by atoms with Crippen molar-refractivity contribution in [2.45, 2.75) is 32.7 Å². The molecule has 0 aliphatic carbocycles. The fourth-order valence-electron chi connectivity index (χ4n) is 4.69. The fraction of sp³-hybridized carbons (Fsp3) is 0.321. The van der Waals surface area contributed by atoms with Crippen LogP contribution in [0.1, 0.15) is 30.9 Å². The number of nitrogens with zero attached hydrogens (tertiary/aromatic N) is 4. The average Bonchev–Trinajstić information content (AvgIpc) is 3.37. The maximum atomic E-state index is 13.0. The molecule has 35 heavy (non-hydrogen) atoms. The molecular weight excluding hydrogens is 438 g/mol. The van der Waals surface area contributed by atoms with Crippen molar-refractivity contribution in [3.63, 3.8) is 0 Å². The molecule has 0 saturated carbocycles. The lowest BCUT2D eigenvalue weighted by atomic mass is 9.97. The zero-order chi connectivity index (χ0) is 24.2. The van der Waals surface area contributed by atoms with Crippen LogP contribution in [0.2, 0.25) is 0 Å². The lowest BCUT2D eigenvalue weighted by molar-refractivity contribution is -0.125. The first-order chi connectivity index (χ1) is 17.1. The van der Waals surface area contributed by atoms with E-state index in [0.29, 0.717) is 13.1 Å². The standard InChI is InChI=1S/C28H31N5O2/c1-3-20-9-11-21(12-10-20)18-30-28(34)23-7-5-14-32(19-23)27-26-17-25(31-33(26)15-13-29-27)22-6-4-8-24(16-22)35-2/h4,6,8-13,15-17,23H,3,5,7,14,18-19H2,1-2H3,(H,30,34)/t23-/m1/s1. The summed E-state index contributed by atoms with van der Waals surface area (Å²) < 4.78 is 7.23. The molecule has 1 aliphatic heterocycles. The molecule has 180 valence electrons. The van der Waals surface area contributed by atoms with Gasteiger partial charge in [0.05, 0.1) is 18.7 Å². The van der Waals surface area contributed by atoms with Crippen molar-refractivity contribution in [2.75, 3.05) is 25.1 Å². The largest absolute Gasteiger partial charge is 0.497 e. The average molecular weight is 470 g/mol. The van der Waals surface area contributed by atoms with E-state index < -0.39 is 0 Å². The van der Waals surface area contributed by atoms with Crippen LogP contribution in [0.5, 0.6) is 5.75 Å². The van der Waals surface area contributed by atoms with E-state index in [4.69, 9.17) is 9.84 Å². The fourth-order valence-corrected chi connectivity index (χ4v) is 4.69. The van der Waals surface area contributed by atoms with Gasteiger partial charge in [-0.25, -0.2) is 9.50 Å². The number of hydrogen-bond acceptors (Lipinski definition) is 5. The topological polar surface area (TPSA) is 71.8 Å². The van der Waals surface area contributed by atoms with E-state index in [9.17, 15) is 4.79 Å². The van der Waals surface area contributed by atoms with Crippen molar-refractivity contribution in [1.29, 1.82) is 0 Å². The minimum Gasteiger partial charge on any atom is -0.497 e. The second kappa shape index (κ2) is 10.2. The molecule has 3 heterocycles. The number of benzene rings is 2. The monoisotopic (exact) mass is 469 g/mol. The SMILES string of the molecule is CCc1ccc(CNC(=O)[C@@H]2CCCN(c3nccn4nc(-c5cccc(OC)c5)cc34)C2)cc1. The van der Waals surface area contributed by atoms with Gasteiger partial charge in [-0.3, -0.25) is 4.79 Å². The Morgan fingerprint density at radius 2 is 1.97 bits per heavy atom. The van der Waals surface area contributed by atoms with Crippen molar-refractivity contribution in [3.8, 4) is 17.0 Å². The molecule has 1 aliphatic rings. The Morgan fingerprint density at radius 1 is 1.14 bits per heavy atom. The molecule has 7 nitrogen and oxygen atoms in total. The number of rotatable bonds is 7. The van der Waals surface area contributed by atoms with Crippen molar-refractivity contribution in [2.24, 2.45) is 5.92 Å². The second-order valence-corrected chi connectivity index (χ2v) is 9.02. The van der Waals surface area contributed by atoms with Gasteiger partial charge in [-0.15, -0.1) is 0 Å². The zero-order valence-electron chi connectivity index (χ0n) is 20.3. The molecule has 1 fully saturated rings. The summed E-state index contributed by atoms with van der Waals surface area (Å²) in [4.78, 5) is 19.9. The molecule has 1 atom stereocenters. The molecule has 4 aromatic rings. The van der Waals surface area contributed by atoms with Crippen LogP contribution in [0.15, 0.2) is 67.0 Å². The van der Waals surface area contributed by atoms with Crippen molar-refractivity contribution < 1.29 is 9.53 Å². The molecule has 1 saturated heterocycles. The summed E-state index contributed by atoms with van der Waals surface area (Å²) in [6.45, 7) is 4.21. The van der Waals surface area contributed by atoms with Gasteiger partial charge in [0.15, 0.2) is 5.82 Å². The number of aromatic nitrogens is 3.